The average molecular weight is 134 g/mol. The second kappa shape index (κ2) is 3.36. The van der Waals surface area contributed by atoms with Crippen molar-refractivity contribution in [1.82, 2.24) is 0 Å². The maximum atomic E-state index is 5.11. The van der Waals surface area contributed by atoms with Gasteiger partial charge in [-0.1, -0.05) is 0 Å². The summed E-state index contributed by atoms with van der Waals surface area (Å²) < 4.78 is 5.36. The van der Waals surface area contributed by atoms with E-state index in [1.807, 2.05) is 6.92 Å². The zero-order chi connectivity index (χ0) is 6.62. The lowest BCUT2D eigenvalue weighted by atomic mass is 10.3. The molecular weight excluding hydrogens is 120 g/mol. The molecule has 0 aliphatic carbocycles. The van der Waals surface area contributed by atoms with Gasteiger partial charge in [0.15, 0.2) is 0 Å². The standard InChI is InChI=1S/C6H14OS/c1-5-7-8-6(2,3)4/h5H2,1-4H3. The molecule has 0 bridgehead atoms. The van der Waals surface area contributed by atoms with Crippen molar-refractivity contribution in [3.8, 4) is 0 Å². The van der Waals surface area contributed by atoms with Gasteiger partial charge in [0.25, 0.3) is 0 Å². The largest absolute Gasteiger partial charge is 0.315 e. The van der Waals surface area contributed by atoms with Gasteiger partial charge in [-0.3, -0.25) is 0 Å². The van der Waals surface area contributed by atoms with Gasteiger partial charge in [0.2, 0.25) is 0 Å². The van der Waals surface area contributed by atoms with Crippen LogP contribution in [0, 0.1) is 0 Å². The Morgan fingerprint density at radius 1 is 1.38 bits per heavy atom. The molecule has 0 aromatic rings. The summed E-state index contributed by atoms with van der Waals surface area (Å²) in [5, 5.41) is 0. The maximum Gasteiger partial charge on any atom is 0.0585 e. The van der Waals surface area contributed by atoms with Crippen molar-refractivity contribution in [2.24, 2.45) is 0 Å². The molecule has 50 valence electrons. The van der Waals surface area contributed by atoms with Crippen LogP contribution in [-0.2, 0) is 4.18 Å². The van der Waals surface area contributed by atoms with Crippen LogP contribution >= 0.6 is 12.0 Å². The molecule has 0 aromatic heterocycles. The predicted octanol–water partition coefficient (Wildman–Crippen LogP) is 2.47. The smallest absolute Gasteiger partial charge is 0.0585 e. The molecule has 0 amide bonds. The predicted molar refractivity (Wildman–Crippen MR) is 39.0 cm³/mol. The highest BCUT2D eigenvalue weighted by molar-refractivity contribution is 7.96. The summed E-state index contributed by atoms with van der Waals surface area (Å²) in [6, 6.07) is 0. The molecule has 0 aliphatic heterocycles. The fraction of sp³-hybridized carbons (Fsp3) is 1.00. The van der Waals surface area contributed by atoms with Gasteiger partial charge < -0.3 is 4.18 Å². The van der Waals surface area contributed by atoms with Crippen LogP contribution in [0.4, 0.5) is 0 Å². The molecule has 0 heterocycles. The molecule has 0 fully saturated rings. The summed E-state index contributed by atoms with van der Waals surface area (Å²) in [6.45, 7) is 9.19. The van der Waals surface area contributed by atoms with Gasteiger partial charge in [0.05, 0.1) is 6.61 Å². The van der Waals surface area contributed by atoms with E-state index < -0.39 is 0 Å². The monoisotopic (exact) mass is 134 g/mol. The van der Waals surface area contributed by atoms with E-state index in [4.69, 9.17) is 4.18 Å². The molecule has 0 unspecified atom stereocenters. The van der Waals surface area contributed by atoms with Crippen LogP contribution in [-0.4, -0.2) is 11.4 Å². The first-order valence-corrected chi connectivity index (χ1v) is 3.61. The Balaban J connectivity index is 3.11. The topological polar surface area (TPSA) is 9.23 Å². The molecule has 0 aromatic carbocycles. The van der Waals surface area contributed by atoms with Gasteiger partial charge in [0.1, 0.15) is 0 Å². The van der Waals surface area contributed by atoms with Gasteiger partial charge in [-0.2, -0.15) is 0 Å². The Labute approximate surface area is 56.0 Å². The first-order valence-electron chi connectivity index (χ1n) is 2.87. The average Bonchev–Trinajstić information content (AvgIpc) is 1.59. The molecule has 0 spiro atoms. The third-order valence-corrected chi connectivity index (χ3v) is 1.28. The van der Waals surface area contributed by atoms with Crippen LogP contribution in [0.3, 0.4) is 0 Å². The number of rotatable bonds is 2. The second-order valence-electron chi connectivity index (χ2n) is 2.60. The summed E-state index contributed by atoms with van der Waals surface area (Å²) >= 11 is 1.53. The van der Waals surface area contributed by atoms with Crippen molar-refractivity contribution in [1.29, 1.82) is 0 Å². The Morgan fingerprint density at radius 2 is 1.88 bits per heavy atom. The van der Waals surface area contributed by atoms with Crippen molar-refractivity contribution >= 4 is 12.0 Å². The number of hydrogen-bond acceptors (Lipinski definition) is 2. The Kier molecular flexibility index (Phi) is 3.49. The molecule has 8 heavy (non-hydrogen) atoms. The molecule has 1 nitrogen and oxygen atoms in total. The van der Waals surface area contributed by atoms with E-state index in [1.165, 1.54) is 12.0 Å². The normalized spacial score (nSPS) is 12.0. The minimum absolute atomic E-state index is 0.246. The van der Waals surface area contributed by atoms with Crippen LogP contribution in [0.2, 0.25) is 0 Å². The van der Waals surface area contributed by atoms with E-state index in [-0.39, 0.29) is 4.75 Å². The lowest BCUT2D eigenvalue weighted by molar-refractivity contribution is 0.392. The lowest BCUT2D eigenvalue weighted by Gasteiger charge is -2.14. The van der Waals surface area contributed by atoms with E-state index in [2.05, 4.69) is 20.8 Å². The SMILES string of the molecule is CCOSC(C)(C)C. The molecule has 0 atom stereocenters. The molecule has 0 radical (unpaired) electrons. The summed E-state index contributed by atoms with van der Waals surface area (Å²) in [5.41, 5.74) is 0. The van der Waals surface area contributed by atoms with Crippen molar-refractivity contribution < 1.29 is 4.18 Å². The van der Waals surface area contributed by atoms with Gasteiger partial charge in [-0.25, -0.2) is 0 Å². The Morgan fingerprint density at radius 3 is 2.00 bits per heavy atom. The van der Waals surface area contributed by atoms with E-state index in [0.29, 0.717) is 0 Å². The molecule has 0 N–H and O–H groups in total. The molecular formula is C6H14OS. The molecule has 0 saturated heterocycles. The first-order chi connectivity index (χ1) is 3.56. The first kappa shape index (κ1) is 8.31. The number of hydrogen-bond donors (Lipinski definition) is 0. The Hall–Kier alpha value is 0.310. The molecule has 0 rings (SSSR count). The van der Waals surface area contributed by atoms with Crippen molar-refractivity contribution in [3.05, 3.63) is 0 Å². The lowest BCUT2D eigenvalue weighted by Crippen LogP contribution is -2.07. The summed E-state index contributed by atoms with van der Waals surface area (Å²) in [7, 11) is 0. The van der Waals surface area contributed by atoms with Gasteiger partial charge in [0, 0.05) is 4.75 Å². The third-order valence-electron chi connectivity index (χ3n) is 0.427. The Bertz CT molecular complexity index is 56.0. The highest BCUT2D eigenvalue weighted by Crippen LogP contribution is 2.23. The van der Waals surface area contributed by atoms with E-state index >= 15 is 0 Å². The third kappa shape index (κ3) is 6.31. The molecule has 2 heteroatoms. The summed E-state index contributed by atoms with van der Waals surface area (Å²) in [4.78, 5) is 0. The van der Waals surface area contributed by atoms with Crippen molar-refractivity contribution in [2.75, 3.05) is 6.61 Å². The minimum Gasteiger partial charge on any atom is -0.315 e. The van der Waals surface area contributed by atoms with Crippen molar-refractivity contribution in [3.63, 3.8) is 0 Å². The van der Waals surface area contributed by atoms with Gasteiger partial charge in [-0.05, 0) is 39.7 Å². The summed E-state index contributed by atoms with van der Waals surface area (Å²) in [6.07, 6.45) is 0. The van der Waals surface area contributed by atoms with Crippen LogP contribution in [0.5, 0.6) is 0 Å². The highest BCUT2D eigenvalue weighted by Gasteiger charge is 2.09. The van der Waals surface area contributed by atoms with Crippen LogP contribution in [0.25, 0.3) is 0 Å². The quantitative estimate of drug-likeness (QED) is 0.536. The van der Waals surface area contributed by atoms with Crippen LogP contribution in [0.15, 0.2) is 0 Å². The molecule has 0 saturated carbocycles. The van der Waals surface area contributed by atoms with E-state index in [0.717, 1.165) is 6.61 Å². The van der Waals surface area contributed by atoms with E-state index in [1.54, 1.807) is 0 Å². The fourth-order valence-corrected chi connectivity index (χ4v) is 0.707. The highest BCUT2D eigenvalue weighted by atomic mass is 32.2. The van der Waals surface area contributed by atoms with Gasteiger partial charge >= 0.3 is 0 Å². The maximum absolute atomic E-state index is 5.11. The van der Waals surface area contributed by atoms with E-state index in [9.17, 15) is 0 Å². The van der Waals surface area contributed by atoms with Gasteiger partial charge in [-0.15, -0.1) is 0 Å². The fourth-order valence-electron chi connectivity index (χ4n) is 0.236. The summed E-state index contributed by atoms with van der Waals surface area (Å²) in [5.74, 6) is 0. The zero-order valence-electron chi connectivity index (χ0n) is 6.02. The van der Waals surface area contributed by atoms with Crippen LogP contribution in [0.1, 0.15) is 27.7 Å². The van der Waals surface area contributed by atoms with Crippen LogP contribution < -0.4 is 0 Å². The second-order valence-corrected chi connectivity index (χ2v) is 4.23. The van der Waals surface area contributed by atoms with Crippen molar-refractivity contribution in [2.45, 2.75) is 32.4 Å². The minimum atomic E-state index is 0.246. The zero-order valence-corrected chi connectivity index (χ0v) is 6.84. The molecule has 0 aliphatic rings.